The Kier molecular flexibility index (Phi) is 7.31. The van der Waals surface area contributed by atoms with Crippen molar-refractivity contribution in [2.24, 2.45) is 0 Å². The van der Waals surface area contributed by atoms with Crippen LogP contribution in [0.1, 0.15) is 44.5 Å². The lowest BCUT2D eigenvalue weighted by molar-refractivity contribution is 0.0776. The van der Waals surface area contributed by atoms with E-state index < -0.39 is 0 Å². The van der Waals surface area contributed by atoms with E-state index in [1.54, 1.807) is 0 Å². The van der Waals surface area contributed by atoms with Crippen molar-refractivity contribution < 1.29 is 9.68 Å². The summed E-state index contributed by atoms with van der Waals surface area (Å²) in [5.74, 6) is 0. The molecule has 0 saturated heterocycles. The summed E-state index contributed by atoms with van der Waals surface area (Å²) in [6.45, 7) is 10.7. The first-order valence-corrected chi connectivity index (χ1v) is 13.6. The number of nitrogens with zero attached hydrogens (tertiary/aromatic N) is 2. The molecule has 4 heteroatoms. The molecule has 0 aromatic heterocycles. The molecular weight excluding hydrogens is 480 g/mol. The second kappa shape index (κ2) is 11.3. The normalized spacial score (nSPS) is 14.5. The quantitative estimate of drug-likeness (QED) is 0.226. The van der Waals surface area contributed by atoms with Crippen LogP contribution in [-0.2, 0) is 55.2 Å². The maximum absolute atomic E-state index is 6.14. The number of hydrogen-bond donors (Lipinski definition) is 0. The fourth-order valence-corrected chi connectivity index (χ4v) is 5.57. The third kappa shape index (κ3) is 5.40. The predicted molar refractivity (Wildman–Crippen MR) is 158 cm³/mol. The van der Waals surface area contributed by atoms with Crippen molar-refractivity contribution in [1.29, 1.82) is 0 Å². The van der Waals surface area contributed by atoms with Gasteiger partial charge in [0.2, 0.25) is 0 Å². The highest BCUT2D eigenvalue weighted by molar-refractivity contribution is 5.58. The number of benzene rings is 4. The van der Waals surface area contributed by atoms with Gasteiger partial charge in [0.25, 0.3) is 0 Å². The van der Waals surface area contributed by atoms with Crippen molar-refractivity contribution in [3.05, 3.63) is 155 Å². The Morgan fingerprint density at radius 2 is 1.03 bits per heavy atom. The zero-order valence-corrected chi connectivity index (χ0v) is 22.3. The number of allylic oxidation sites excluding steroid dienone is 2. The Labute approximate surface area is 231 Å². The number of rotatable bonds is 8. The maximum atomic E-state index is 6.14. The van der Waals surface area contributed by atoms with Gasteiger partial charge in [-0.3, -0.25) is 9.68 Å². The van der Waals surface area contributed by atoms with Crippen molar-refractivity contribution in [1.82, 2.24) is 0 Å². The molecule has 0 fully saturated rings. The zero-order chi connectivity index (χ0) is 26.6. The Balaban J connectivity index is 1.23. The largest absolute Gasteiger partial charge is 0.268 e. The predicted octanol–water partition coefficient (Wildman–Crippen LogP) is 7.64. The Bertz CT molecular complexity index is 1400. The molecule has 0 saturated carbocycles. The van der Waals surface area contributed by atoms with Crippen LogP contribution in [0.5, 0.6) is 0 Å². The maximum Gasteiger partial charge on any atom is 0.100 e. The molecule has 6 rings (SSSR count). The Morgan fingerprint density at radius 3 is 1.46 bits per heavy atom. The minimum atomic E-state index is 0.593. The average molecular weight is 515 g/mol. The zero-order valence-electron chi connectivity index (χ0n) is 22.3. The summed E-state index contributed by atoms with van der Waals surface area (Å²) in [5, 5.41) is 4.05. The van der Waals surface area contributed by atoms with E-state index in [0.29, 0.717) is 13.2 Å². The van der Waals surface area contributed by atoms with Gasteiger partial charge >= 0.3 is 0 Å². The molecule has 39 heavy (non-hydrogen) atoms. The average Bonchev–Trinajstić information content (AvgIpc) is 2.97. The van der Waals surface area contributed by atoms with Crippen LogP contribution in [-0.4, -0.2) is 0 Å². The summed E-state index contributed by atoms with van der Waals surface area (Å²) in [5.41, 5.74) is 12.4. The van der Waals surface area contributed by atoms with E-state index >= 15 is 0 Å². The molecule has 4 aromatic rings. The molecule has 0 spiro atoms. The monoisotopic (exact) mass is 514 g/mol. The lowest BCUT2D eigenvalue weighted by Crippen LogP contribution is -2.29. The highest BCUT2D eigenvalue weighted by Gasteiger charge is 2.21. The molecule has 0 atom stereocenters. The molecule has 2 heterocycles. The number of hydrogen-bond acceptors (Lipinski definition) is 4. The number of anilines is 2. The summed E-state index contributed by atoms with van der Waals surface area (Å²) >= 11 is 0. The van der Waals surface area contributed by atoms with E-state index in [0.717, 1.165) is 43.7 Å². The van der Waals surface area contributed by atoms with Gasteiger partial charge in [-0.15, -0.1) is 13.2 Å². The van der Waals surface area contributed by atoms with Gasteiger partial charge in [-0.1, -0.05) is 84.9 Å². The van der Waals surface area contributed by atoms with Crippen LogP contribution < -0.4 is 10.1 Å². The molecule has 0 radical (unpaired) electrons. The molecule has 4 aromatic carbocycles. The lowest BCUT2D eigenvalue weighted by atomic mass is 9.97. The molecule has 0 amide bonds. The second-order valence-electron chi connectivity index (χ2n) is 10.2. The fraction of sp³-hybridized carbons (Fsp3) is 0.200. The van der Waals surface area contributed by atoms with Crippen molar-refractivity contribution in [3.63, 3.8) is 0 Å². The lowest BCUT2D eigenvalue weighted by Gasteiger charge is -2.31. The summed E-state index contributed by atoms with van der Waals surface area (Å²) in [7, 11) is 0. The third-order valence-corrected chi connectivity index (χ3v) is 7.58. The van der Waals surface area contributed by atoms with Crippen molar-refractivity contribution in [2.45, 2.75) is 45.6 Å². The standard InChI is InChI=1S/C35H34N2O2/c1-3-9-28-20-26(15-17-34(28)36-22-30-11-5-7-13-32(30)24-38-36)19-27-16-18-35(29(21-27)10-4-2)37-23-31-12-6-8-14-33(31)25-39-37/h3-8,11-18,20-21H,1-2,9-10,19,22-25H2. The third-order valence-electron chi connectivity index (χ3n) is 7.58. The van der Waals surface area contributed by atoms with Gasteiger partial charge in [0.1, 0.15) is 13.2 Å². The van der Waals surface area contributed by atoms with Gasteiger partial charge in [0, 0.05) is 0 Å². The summed E-state index contributed by atoms with van der Waals surface area (Å²) < 4.78 is 0. The Morgan fingerprint density at radius 1 is 0.590 bits per heavy atom. The van der Waals surface area contributed by atoms with Crippen LogP contribution in [0.4, 0.5) is 11.4 Å². The van der Waals surface area contributed by atoms with E-state index in [2.05, 4.69) is 98.1 Å². The van der Waals surface area contributed by atoms with E-state index in [4.69, 9.17) is 9.68 Å². The molecule has 2 aliphatic heterocycles. The minimum Gasteiger partial charge on any atom is -0.268 e. The molecule has 0 N–H and O–H groups in total. The van der Waals surface area contributed by atoms with Crippen LogP contribution in [0.3, 0.4) is 0 Å². The van der Waals surface area contributed by atoms with E-state index in [-0.39, 0.29) is 0 Å². The van der Waals surface area contributed by atoms with Crippen LogP contribution in [0, 0.1) is 0 Å². The van der Waals surface area contributed by atoms with Crippen molar-refractivity contribution >= 4 is 11.4 Å². The van der Waals surface area contributed by atoms with Crippen molar-refractivity contribution in [2.75, 3.05) is 10.1 Å². The smallest absolute Gasteiger partial charge is 0.100 e. The number of fused-ring (bicyclic) bond motifs is 2. The molecule has 2 aliphatic rings. The van der Waals surface area contributed by atoms with Gasteiger partial charge in [-0.2, -0.15) is 0 Å². The fourth-order valence-electron chi connectivity index (χ4n) is 5.57. The summed E-state index contributed by atoms with van der Waals surface area (Å²) in [6, 6.07) is 30.4. The molecular formula is C35H34N2O2. The Hall–Kier alpha value is -4.12. The molecule has 0 aliphatic carbocycles. The van der Waals surface area contributed by atoms with E-state index in [9.17, 15) is 0 Å². The van der Waals surface area contributed by atoms with Gasteiger partial charge in [0.15, 0.2) is 0 Å². The van der Waals surface area contributed by atoms with E-state index in [1.807, 2.05) is 22.3 Å². The van der Waals surface area contributed by atoms with Crippen LogP contribution >= 0.6 is 0 Å². The SMILES string of the molecule is C=CCc1cc(Cc2ccc(N3Cc4ccccc4CO3)c(CC=C)c2)ccc1N1Cc2ccccc2CO1. The first kappa shape index (κ1) is 25.2. The van der Waals surface area contributed by atoms with Crippen LogP contribution in [0.15, 0.2) is 110 Å². The van der Waals surface area contributed by atoms with Gasteiger partial charge in [-0.25, -0.2) is 10.1 Å². The number of hydroxylamine groups is 2. The highest BCUT2D eigenvalue weighted by Crippen LogP contribution is 2.32. The van der Waals surface area contributed by atoms with Gasteiger partial charge < -0.3 is 0 Å². The van der Waals surface area contributed by atoms with Gasteiger partial charge in [0.05, 0.1) is 24.5 Å². The summed E-state index contributed by atoms with van der Waals surface area (Å²) in [4.78, 5) is 12.3. The molecule has 0 bridgehead atoms. The van der Waals surface area contributed by atoms with E-state index in [1.165, 1.54) is 44.5 Å². The van der Waals surface area contributed by atoms with Crippen LogP contribution in [0.2, 0.25) is 0 Å². The minimum absolute atomic E-state index is 0.593. The van der Waals surface area contributed by atoms with Gasteiger partial charge in [-0.05, 0) is 75.9 Å². The topological polar surface area (TPSA) is 24.9 Å². The molecule has 196 valence electrons. The van der Waals surface area contributed by atoms with Crippen molar-refractivity contribution in [3.8, 4) is 0 Å². The first-order chi connectivity index (χ1) is 19.2. The highest BCUT2D eigenvalue weighted by atomic mass is 16.7. The molecule has 4 nitrogen and oxygen atoms in total. The molecule has 0 unspecified atom stereocenters. The second-order valence-corrected chi connectivity index (χ2v) is 10.2. The summed E-state index contributed by atoms with van der Waals surface area (Å²) in [6.07, 6.45) is 6.36. The van der Waals surface area contributed by atoms with Crippen LogP contribution in [0.25, 0.3) is 0 Å². The first-order valence-electron chi connectivity index (χ1n) is 13.6.